The highest BCUT2D eigenvalue weighted by Crippen LogP contribution is 2.39. The molecule has 1 amide bonds. The second-order valence-electron chi connectivity index (χ2n) is 6.92. The van der Waals surface area contributed by atoms with Crippen molar-refractivity contribution in [3.05, 3.63) is 60.2 Å². The Labute approximate surface area is 156 Å². The molecule has 1 aromatic carbocycles. The van der Waals surface area contributed by atoms with Gasteiger partial charge in [-0.05, 0) is 37.1 Å². The number of carbonyl (C=O) groups excluding carboxylic acids is 1. The van der Waals surface area contributed by atoms with E-state index in [2.05, 4.69) is 15.1 Å². The Morgan fingerprint density at radius 3 is 2.78 bits per heavy atom. The minimum Gasteiger partial charge on any atom is -0.486 e. The van der Waals surface area contributed by atoms with Crippen LogP contribution in [0.5, 0.6) is 5.75 Å². The van der Waals surface area contributed by atoms with E-state index < -0.39 is 0 Å². The number of para-hydroxylation sites is 1. The number of hydrogen-bond donors (Lipinski definition) is 0. The predicted molar refractivity (Wildman–Crippen MR) is 96.3 cm³/mol. The highest BCUT2D eigenvalue weighted by atomic mass is 16.5. The van der Waals surface area contributed by atoms with Gasteiger partial charge in [-0.1, -0.05) is 17.3 Å². The molecule has 0 radical (unpaired) electrons. The second-order valence-corrected chi connectivity index (χ2v) is 6.92. The van der Waals surface area contributed by atoms with Gasteiger partial charge in [-0.15, -0.1) is 0 Å². The zero-order chi connectivity index (χ0) is 18.2. The summed E-state index contributed by atoms with van der Waals surface area (Å²) < 4.78 is 11.5. The number of aromatic nitrogens is 3. The van der Waals surface area contributed by atoms with E-state index in [9.17, 15) is 4.79 Å². The number of hydrogen-bond acceptors (Lipinski definition) is 6. The Hall–Kier alpha value is -3.22. The van der Waals surface area contributed by atoms with Crippen LogP contribution in [0.2, 0.25) is 0 Å². The summed E-state index contributed by atoms with van der Waals surface area (Å²) in [6.45, 7) is 1.08. The van der Waals surface area contributed by atoms with Crippen molar-refractivity contribution in [2.45, 2.75) is 24.9 Å². The van der Waals surface area contributed by atoms with Gasteiger partial charge < -0.3 is 14.2 Å². The largest absolute Gasteiger partial charge is 0.486 e. The summed E-state index contributed by atoms with van der Waals surface area (Å²) in [6.07, 6.45) is 5.43. The Bertz CT molecular complexity index is 962. The maximum absolute atomic E-state index is 12.4. The SMILES string of the molecule is O=C(c1cccnc1)N1CC(Oc2ccccc2-c2nc(C3CC3)no2)C1. The lowest BCUT2D eigenvalue weighted by Gasteiger charge is -2.39. The maximum Gasteiger partial charge on any atom is 0.261 e. The fourth-order valence-electron chi connectivity index (χ4n) is 3.13. The molecule has 0 spiro atoms. The molecule has 1 saturated carbocycles. The Kier molecular flexibility index (Phi) is 3.85. The molecule has 3 aromatic rings. The van der Waals surface area contributed by atoms with E-state index in [1.807, 2.05) is 24.3 Å². The van der Waals surface area contributed by atoms with Crippen LogP contribution in [0.1, 0.15) is 34.9 Å². The van der Waals surface area contributed by atoms with Crippen LogP contribution in [0.3, 0.4) is 0 Å². The summed E-state index contributed by atoms with van der Waals surface area (Å²) in [5.74, 6) is 2.37. The van der Waals surface area contributed by atoms with Gasteiger partial charge in [0.05, 0.1) is 24.2 Å². The standard InChI is InChI=1S/C20H18N4O3/c25-20(14-4-3-9-21-10-14)24-11-15(12-24)26-17-6-2-1-5-16(17)19-22-18(23-27-19)13-7-8-13/h1-6,9-10,13,15H,7-8,11-12H2. The van der Waals surface area contributed by atoms with Crippen molar-refractivity contribution in [1.82, 2.24) is 20.0 Å². The summed E-state index contributed by atoms with van der Waals surface area (Å²) >= 11 is 0. The van der Waals surface area contributed by atoms with E-state index in [-0.39, 0.29) is 12.0 Å². The molecule has 1 aliphatic carbocycles. The molecule has 7 nitrogen and oxygen atoms in total. The number of ether oxygens (including phenoxy) is 1. The lowest BCUT2D eigenvalue weighted by Crippen LogP contribution is -2.56. The van der Waals surface area contributed by atoms with Gasteiger partial charge in [0, 0.05) is 18.3 Å². The van der Waals surface area contributed by atoms with Crippen molar-refractivity contribution in [3.8, 4) is 17.2 Å². The van der Waals surface area contributed by atoms with Crippen LogP contribution in [0.25, 0.3) is 11.5 Å². The molecule has 0 atom stereocenters. The normalized spacial score (nSPS) is 16.8. The average molecular weight is 362 g/mol. The quantitative estimate of drug-likeness (QED) is 0.694. The third-order valence-corrected chi connectivity index (χ3v) is 4.84. The summed E-state index contributed by atoms with van der Waals surface area (Å²) in [6, 6.07) is 11.2. The molecule has 7 heteroatoms. The van der Waals surface area contributed by atoms with Crippen molar-refractivity contribution >= 4 is 5.91 Å². The summed E-state index contributed by atoms with van der Waals surface area (Å²) in [5.41, 5.74) is 1.38. The molecule has 2 aromatic heterocycles. The zero-order valence-corrected chi connectivity index (χ0v) is 14.6. The first-order valence-corrected chi connectivity index (χ1v) is 9.07. The first kappa shape index (κ1) is 16.0. The first-order valence-electron chi connectivity index (χ1n) is 9.07. The Morgan fingerprint density at radius 1 is 1.15 bits per heavy atom. The van der Waals surface area contributed by atoms with E-state index in [4.69, 9.17) is 9.26 Å². The lowest BCUT2D eigenvalue weighted by atomic mass is 10.1. The van der Waals surface area contributed by atoms with Crippen molar-refractivity contribution in [3.63, 3.8) is 0 Å². The van der Waals surface area contributed by atoms with Gasteiger partial charge in [-0.2, -0.15) is 4.98 Å². The first-order chi connectivity index (χ1) is 13.3. The van der Waals surface area contributed by atoms with E-state index in [1.165, 1.54) is 0 Å². The highest BCUT2D eigenvalue weighted by molar-refractivity contribution is 5.94. The van der Waals surface area contributed by atoms with Gasteiger partial charge in [0.15, 0.2) is 5.82 Å². The van der Waals surface area contributed by atoms with Gasteiger partial charge in [0.1, 0.15) is 11.9 Å². The minimum atomic E-state index is -0.0578. The molecule has 3 heterocycles. The van der Waals surface area contributed by atoms with E-state index in [0.717, 1.165) is 24.2 Å². The van der Waals surface area contributed by atoms with E-state index in [0.29, 0.717) is 36.2 Å². The molecule has 5 rings (SSSR count). The lowest BCUT2D eigenvalue weighted by molar-refractivity contribution is 0.0179. The van der Waals surface area contributed by atoms with Gasteiger partial charge in [0.25, 0.3) is 11.8 Å². The number of amides is 1. The van der Waals surface area contributed by atoms with Crippen LogP contribution < -0.4 is 4.74 Å². The van der Waals surface area contributed by atoms with Crippen LogP contribution in [-0.2, 0) is 0 Å². The van der Waals surface area contributed by atoms with Gasteiger partial charge in [-0.25, -0.2) is 0 Å². The molecular formula is C20H18N4O3. The van der Waals surface area contributed by atoms with Crippen molar-refractivity contribution < 1.29 is 14.1 Å². The van der Waals surface area contributed by atoms with Crippen LogP contribution in [0.15, 0.2) is 53.3 Å². The highest BCUT2D eigenvalue weighted by Gasteiger charge is 2.34. The minimum absolute atomic E-state index is 0.0257. The monoisotopic (exact) mass is 362 g/mol. The zero-order valence-electron chi connectivity index (χ0n) is 14.6. The van der Waals surface area contributed by atoms with Gasteiger partial charge in [-0.3, -0.25) is 9.78 Å². The van der Waals surface area contributed by atoms with E-state index in [1.54, 1.807) is 29.4 Å². The molecule has 27 heavy (non-hydrogen) atoms. The van der Waals surface area contributed by atoms with Gasteiger partial charge >= 0.3 is 0 Å². The van der Waals surface area contributed by atoms with Crippen molar-refractivity contribution in [2.24, 2.45) is 0 Å². The summed E-state index contributed by atoms with van der Waals surface area (Å²) in [4.78, 5) is 22.6. The van der Waals surface area contributed by atoms with Crippen LogP contribution in [0, 0.1) is 0 Å². The molecule has 2 aliphatic rings. The van der Waals surface area contributed by atoms with Gasteiger partial charge in [0.2, 0.25) is 0 Å². The third kappa shape index (κ3) is 3.16. The average Bonchev–Trinajstić information content (AvgIpc) is 3.42. The Morgan fingerprint density at radius 2 is 2.00 bits per heavy atom. The molecule has 2 fully saturated rings. The van der Waals surface area contributed by atoms with Crippen molar-refractivity contribution in [2.75, 3.05) is 13.1 Å². The number of pyridine rings is 1. The molecule has 136 valence electrons. The number of benzene rings is 1. The summed E-state index contributed by atoms with van der Waals surface area (Å²) in [5, 5.41) is 4.08. The molecule has 1 saturated heterocycles. The molecule has 0 bridgehead atoms. The number of carbonyl (C=O) groups is 1. The third-order valence-electron chi connectivity index (χ3n) is 4.84. The van der Waals surface area contributed by atoms with Crippen molar-refractivity contribution in [1.29, 1.82) is 0 Å². The predicted octanol–water partition coefficient (Wildman–Crippen LogP) is 2.91. The van der Waals surface area contributed by atoms with Crippen LogP contribution >= 0.6 is 0 Å². The fourth-order valence-corrected chi connectivity index (χ4v) is 3.13. The Balaban J connectivity index is 1.26. The fraction of sp³-hybridized carbons (Fsp3) is 0.300. The number of rotatable bonds is 5. The maximum atomic E-state index is 12.4. The molecule has 0 N–H and O–H groups in total. The summed E-state index contributed by atoms with van der Waals surface area (Å²) in [7, 11) is 0. The number of nitrogens with zero attached hydrogens (tertiary/aromatic N) is 4. The molecular weight excluding hydrogens is 344 g/mol. The molecule has 0 unspecified atom stereocenters. The number of likely N-dealkylation sites (tertiary alicyclic amines) is 1. The van der Waals surface area contributed by atoms with Crippen LogP contribution in [-0.4, -0.2) is 45.1 Å². The topological polar surface area (TPSA) is 81.4 Å². The van der Waals surface area contributed by atoms with Crippen LogP contribution in [0.4, 0.5) is 0 Å². The smallest absolute Gasteiger partial charge is 0.261 e. The second kappa shape index (κ2) is 6.50. The molecule has 1 aliphatic heterocycles. The van der Waals surface area contributed by atoms with E-state index >= 15 is 0 Å².